The lowest BCUT2D eigenvalue weighted by Crippen LogP contribution is -2.11. The maximum absolute atomic E-state index is 11.9. The van der Waals surface area contributed by atoms with Crippen molar-refractivity contribution in [3.05, 3.63) is 58.6 Å². The fourth-order valence-electron chi connectivity index (χ4n) is 1.79. The van der Waals surface area contributed by atoms with E-state index in [1.807, 2.05) is 19.1 Å². The van der Waals surface area contributed by atoms with Crippen molar-refractivity contribution < 1.29 is 14.3 Å². The molecule has 0 fully saturated rings. The van der Waals surface area contributed by atoms with Gasteiger partial charge < -0.3 is 9.47 Å². The van der Waals surface area contributed by atoms with Gasteiger partial charge in [0.25, 0.3) is 0 Å². The third kappa shape index (κ3) is 3.75. The van der Waals surface area contributed by atoms with Crippen molar-refractivity contribution in [2.45, 2.75) is 13.3 Å². The Balaban J connectivity index is 2.06. The van der Waals surface area contributed by atoms with Crippen LogP contribution in [0.15, 0.2) is 42.5 Å². The highest BCUT2D eigenvalue weighted by molar-refractivity contribution is 6.30. The topological polar surface area (TPSA) is 35.5 Å². The molecule has 0 atom stereocenters. The van der Waals surface area contributed by atoms with Gasteiger partial charge in [-0.05, 0) is 42.3 Å². The van der Waals surface area contributed by atoms with E-state index in [9.17, 15) is 4.79 Å². The van der Waals surface area contributed by atoms with Crippen molar-refractivity contribution >= 4 is 17.6 Å². The monoisotopic (exact) mass is 290 g/mol. The van der Waals surface area contributed by atoms with Gasteiger partial charge in [0.1, 0.15) is 0 Å². The van der Waals surface area contributed by atoms with Crippen LogP contribution in [0.4, 0.5) is 0 Å². The summed E-state index contributed by atoms with van der Waals surface area (Å²) in [6, 6.07) is 12.5. The quantitative estimate of drug-likeness (QED) is 0.634. The second-order valence-electron chi connectivity index (χ2n) is 4.43. The number of halogens is 1. The summed E-state index contributed by atoms with van der Waals surface area (Å²) in [5, 5.41) is 0.641. The Kier molecular flexibility index (Phi) is 4.64. The minimum Gasteiger partial charge on any atom is -0.493 e. The van der Waals surface area contributed by atoms with Crippen LogP contribution in [0.5, 0.6) is 11.5 Å². The van der Waals surface area contributed by atoms with Crippen LogP contribution in [0.1, 0.15) is 11.1 Å². The molecule has 2 aromatic carbocycles. The van der Waals surface area contributed by atoms with Gasteiger partial charge in [-0.1, -0.05) is 29.8 Å². The van der Waals surface area contributed by atoms with Crippen molar-refractivity contribution in [3.8, 4) is 11.5 Å². The van der Waals surface area contributed by atoms with Gasteiger partial charge in [-0.3, -0.25) is 4.79 Å². The van der Waals surface area contributed by atoms with Crippen LogP contribution in [-0.2, 0) is 11.2 Å². The molecule has 3 nitrogen and oxygen atoms in total. The molecule has 0 aliphatic heterocycles. The van der Waals surface area contributed by atoms with Gasteiger partial charge in [0, 0.05) is 5.02 Å². The standard InChI is InChI=1S/C16H15ClO3/c1-11-3-8-14(15(9-11)19-2)20-16(18)10-12-4-6-13(17)7-5-12/h3-9H,10H2,1-2H3. The fraction of sp³-hybridized carbons (Fsp3) is 0.188. The summed E-state index contributed by atoms with van der Waals surface area (Å²) in [7, 11) is 1.55. The predicted octanol–water partition coefficient (Wildman–Crippen LogP) is 3.81. The molecule has 0 N–H and O–H groups in total. The largest absolute Gasteiger partial charge is 0.493 e. The van der Waals surface area contributed by atoms with Gasteiger partial charge >= 0.3 is 5.97 Å². The van der Waals surface area contributed by atoms with E-state index in [1.54, 1.807) is 37.4 Å². The summed E-state index contributed by atoms with van der Waals surface area (Å²) in [6.45, 7) is 1.95. The zero-order valence-corrected chi connectivity index (χ0v) is 12.1. The second kappa shape index (κ2) is 6.44. The number of benzene rings is 2. The third-order valence-electron chi connectivity index (χ3n) is 2.80. The molecule has 0 bridgehead atoms. The van der Waals surface area contributed by atoms with Crippen molar-refractivity contribution in [1.29, 1.82) is 0 Å². The summed E-state index contributed by atoms with van der Waals surface area (Å²) in [5.74, 6) is 0.640. The zero-order valence-electron chi connectivity index (χ0n) is 11.4. The van der Waals surface area contributed by atoms with Crippen LogP contribution in [-0.4, -0.2) is 13.1 Å². The number of aryl methyl sites for hydroxylation is 1. The number of carbonyl (C=O) groups is 1. The van der Waals surface area contributed by atoms with Gasteiger partial charge in [0.15, 0.2) is 11.5 Å². The third-order valence-corrected chi connectivity index (χ3v) is 3.06. The number of carbonyl (C=O) groups excluding carboxylic acids is 1. The Labute approximate surface area is 123 Å². The molecule has 0 saturated heterocycles. The molecule has 20 heavy (non-hydrogen) atoms. The van der Waals surface area contributed by atoms with Crippen LogP contribution in [0.3, 0.4) is 0 Å². The van der Waals surface area contributed by atoms with Gasteiger partial charge in [-0.25, -0.2) is 0 Å². The minimum atomic E-state index is -0.338. The average molecular weight is 291 g/mol. The lowest BCUT2D eigenvalue weighted by molar-refractivity contribution is -0.133. The Bertz CT molecular complexity index is 606. The predicted molar refractivity (Wildman–Crippen MR) is 78.5 cm³/mol. The van der Waals surface area contributed by atoms with Crippen LogP contribution in [0.25, 0.3) is 0 Å². The van der Waals surface area contributed by atoms with Crippen LogP contribution in [0, 0.1) is 6.92 Å². The first-order valence-electron chi connectivity index (χ1n) is 6.18. The number of ether oxygens (including phenoxy) is 2. The van der Waals surface area contributed by atoms with Crippen molar-refractivity contribution in [3.63, 3.8) is 0 Å². The minimum absolute atomic E-state index is 0.189. The van der Waals surface area contributed by atoms with Crippen molar-refractivity contribution in [2.24, 2.45) is 0 Å². The number of methoxy groups -OCH3 is 1. The molecule has 0 aliphatic rings. The van der Waals surface area contributed by atoms with E-state index < -0.39 is 0 Å². The molecule has 2 rings (SSSR count). The molecule has 4 heteroatoms. The zero-order chi connectivity index (χ0) is 14.5. The highest BCUT2D eigenvalue weighted by Crippen LogP contribution is 2.28. The molecule has 0 heterocycles. The Morgan fingerprint density at radius 3 is 2.45 bits per heavy atom. The lowest BCUT2D eigenvalue weighted by atomic mass is 10.1. The summed E-state index contributed by atoms with van der Waals surface area (Å²) >= 11 is 5.80. The van der Waals surface area contributed by atoms with Gasteiger partial charge in [-0.2, -0.15) is 0 Å². The van der Waals surface area contributed by atoms with Crippen LogP contribution in [0.2, 0.25) is 5.02 Å². The van der Waals surface area contributed by atoms with Crippen LogP contribution >= 0.6 is 11.6 Å². The molecule has 0 amide bonds. The number of hydrogen-bond donors (Lipinski definition) is 0. The van der Waals surface area contributed by atoms with E-state index >= 15 is 0 Å². The molecule has 0 radical (unpaired) electrons. The smallest absolute Gasteiger partial charge is 0.315 e. The first-order chi connectivity index (χ1) is 9.58. The molecule has 0 spiro atoms. The van der Waals surface area contributed by atoms with E-state index in [2.05, 4.69) is 0 Å². The van der Waals surface area contributed by atoms with Gasteiger partial charge in [0.2, 0.25) is 0 Å². The summed E-state index contributed by atoms with van der Waals surface area (Å²) in [6.07, 6.45) is 0.189. The Hall–Kier alpha value is -2.00. The van der Waals surface area contributed by atoms with Gasteiger partial charge in [-0.15, -0.1) is 0 Å². The second-order valence-corrected chi connectivity index (χ2v) is 4.87. The molecule has 2 aromatic rings. The van der Waals surface area contributed by atoms with E-state index in [4.69, 9.17) is 21.1 Å². The average Bonchev–Trinajstić information content (AvgIpc) is 2.43. The van der Waals surface area contributed by atoms with Gasteiger partial charge in [0.05, 0.1) is 13.5 Å². The molecular formula is C16H15ClO3. The number of esters is 1. The van der Waals surface area contributed by atoms with E-state index in [0.29, 0.717) is 16.5 Å². The fourth-order valence-corrected chi connectivity index (χ4v) is 1.91. The first-order valence-corrected chi connectivity index (χ1v) is 6.56. The Morgan fingerprint density at radius 2 is 1.80 bits per heavy atom. The highest BCUT2D eigenvalue weighted by atomic mass is 35.5. The van der Waals surface area contributed by atoms with E-state index in [0.717, 1.165) is 11.1 Å². The normalized spacial score (nSPS) is 10.2. The summed E-state index contributed by atoms with van der Waals surface area (Å²) in [5.41, 5.74) is 1.89. The van der Waals surface area contributed by atoms with Crippen molar-refractivity contribution in [1.82, 2.24) is 0 Å². The lowest BCUT2D eigenvalue weighted by Gasteiger charge is -2.10. The van der Waals surface area contributed by atoms with E-state index in [-0.39, 0.29) is 12.4 Å². The highest BCUT2D eigenvalue weighted by Gasteiger charge is 2.11. The van der Waals surface area contributed by atoms with Crippen molar-refractivity contribution in [2.75, 3.05) is 7.11 Å². The maximum atomic E-state index is 11.9. The molecular weight excluding hydrogens is 276 g/mol. The Morgan fingerprint density at radius 1 is 1.10 bits per heavy atom. The summed E-state index contributed by atoms with van der Waals surface area (Å²) < 4.78 is 10.5. The maximum Gasteiger partial charge on any atom is 0.315 e. The number of hydrogen-bond acceptors (Lipinski definition) is 3. The SMILES string of the molecule is COc1cc(C)ccc1OC(=O)Cc1ccc(Cl)cc1. The molecule has 0 saturated carbocycles. The van der Waals surface area contributed by atoms with E-state index in [1.165, 1.54) is 0 Å². The number of rotatable bonds is 4. The first kappa shape index (κ1) is 14.4. The molecule has 104 valence electrons. The molecule has 0 aromatic heterocycles. The van der Waals surface area contributed by atoms with Crippen LogP contribution < -0.4 is 9.47 Å². The molecule has 0 aliphatic carbocycles. The summed E-state index contributed by atoms with van der Waals surface area (Å²) in [4.78, 5) is 11.9. The molecule has 0 unspecified atom stereocenters.